The third kappa shape index (κ3) is 3.44. The van der Waals surface area contributed by atoms with Crippen molar-refractivity contribution < 1.29 is 9.13 Å². The first-order valence-corrected chi connectivity index (χ1v) is 10.3. The summed E-state index contributed by atoms with van der Waals surface area (Å²) in [6.45, 7) is 9.39. The number of nitrogens with zero attached hydrogens (tertiary/aromatic N) is 5. The topological polar surface area (TPSA) is 73.1 Å². The Hall–Kier alpha value is -2.58. The van der Waals surface area contributed by atoms with Crippen LogP contribution in [-0.4, -0.2) is 45.3 Å². The Bertz CT molecular complexity index is 1180. The number of aryl methyl sites for hydroxylation is 1. The minimum absolute atomic E-state index is 0.0187. The quantitative estimate of drug-likeness (QED) is 0.590. The van der Waals surface area contributed by atoms with Crippen molar-refractivity contribution in [3.05, 3.63) is 51.0 Å². The van der Waals surface area contributed by atoms with Gasteiger partial charge in [-0.1, -0.05) is 25.4 Å². The van der Waals surface area contributed by atoms with Crippen LogP contribution in [0.5, 0.6) is 0 Å². The Morgan fingerprint density at radius 1 is 1.33 bits per heavy atom. The van der Waals surface area contributed by atoms with Crippen molar-refractivity contribution in [2.75, 3.05) is 24.7 Å². The molecule has 0 amide bonds. The van der Waals surface area contributed by atoms with Gasteiger partial charge in [-0.3, -0.25) is 4.98 Å². The molecule has 1 atom stereocenters. The van der Waals surface area contributed by atoms with E-state index in [0.29, 0.717) is 36.6 Å². The Kier molecular flexibility index (Phi) is 5.46. The molecule has 0 spiro atoms. The van der Waals surface area contributed by atoms with E-state index < -0.39 is 11.5 Å². The highest BCUT2D eigenvalue weighted by Gasteiger charge is 2.27. The van der Waals surface area contributed by atoms with Gasteiger partial charge in [0.15, 0.2) is 16.6 Å². The Balaban J connectivity index is 2.10. The summed E-state index contributed by atoms with van der Waals surface area (Å²) < 4.78 is 21.3. The van der Waals surface area contributed by atoms with Gasteiger partial charge in [0.25, 0.3) is 0 Å². The molecule has 0 saturated carbocycles. The highest BCUT2D eigenvalue weighted by Crippen LogP contribution is 2.31. The summed E-state index contributed by atoms with van der Waals surface area (Å²) in [6, 6.07) is 3.10. The number of pyridine rings is 2. The van der Waals surface area contributed by atoms with E-state index in [9.17, 15) is 9.18 Å². The van der Waals surface area contributed by atoms with Crippen molar-refractivity contribution in [1.29, 1.82) is 0 Å². The molecule has 1 saturated heterocycles. The van der Waals surface area contributed by atoms with Crippen LogP contribution in [0.1, 0.15) is 37.9 Å². The number of halogens is 2. The lowest BCUT2D eigenvalue weighted by atomic mass is 10.0. The predicted molar refractivity (Wildman–Crippen MR) is 114 cm³/mol. The van der Waals surface area contributed by atoms with Crippen LogP contribution in [0.25, 0.3) is 16.7 Å². The van der Waals surface area contributed by atoms with Crippen molar-refractivity contribution in [2.24, 2.45) is 0 Å². The van der Waals surface area contributed by atoms with Gasteiger partial charge in [-0.05, 0) is 37.5 Å². The molecule has 0 unspecified atom stereocenters. The second kappa shape index (κ2) is 7.92. The van der Waals surface area contributed by atoms with E-state index in [0.717, 1.165) is 11.3 Å². The third-order valence-corrected chi connectivity index (χ3v) is 5.59. The van der Waals surface area contributed by atoms with Crippen LogP contribution >= 0.6 is 11.6 Å². The maximum atomic E-state index is 14.4. The van der Waals surface area contributed by atoms with Gasteiger partial charge in [-0.15, -0.1) is 0 Å². The summed E-state index contributed by atoms with van der Waals surface area (Å²) in [5.41, 5.74) is 1.92. The maximum Gasteiger partial charge on any atom is 0.355 e. The minimum Gasteiger partial charge on any atom is -0.377 e. The zero-order valence-electron chi connectivity index (χ0n) is 17.3. The number of anilines is 1. The molecule has 0 aromatic carbocycles. The smallest absolute Gasteiger partial charge is 0.355 e. The maximum absolute atomic E-state index is 14.4. The van der Waals surface area contributed by atoms with Gasteiger partial charge in [-0.25, -0.2) is 18.7 Å². The normalized spacial score (nSPS) is 17.2. The standard InChI is InChI=1S/C21H23ClFN5O2/c1-11(2)16-17(12(3)5-6-24-16)28-20-14(9-15(23)18(22)25-20)19(26-21(28)29)27-7-8-30-10-13(27)4/h5-6,9,11,13H,7-8,10H2,1-4H3/t13-/m0/s1. The fourth-order valence-electron chi connectivity index (χ4n) is 3.83. The number of hydrogen-bond donors (Lipinski definition) is 0. The molecular formula is C21H23ClFN5O2. The van der Waals surface area contributed by atoms with Crippen LogP contribution in [0.2, 0.25) is 5.15 Å². The van der Waals surface area contributed by atoms with Crippen LogP contribution in [0.4, 0.5) is 10.2 Å². The van der Waals surface area contributed by atoms with Crippen LogP contribution < -0.4 is 10.6 Å². The molecule has 3 aromatic rings. The molecule has 1 aliphatic rings. The Morgan fingerprint density at radius 2 is 2.10 bits per heavy atom. The molecule has 0 aliphatic carbocycles. The summed E-state index contributed by atoms with van der Waals surface area (Å²) in [4.78, 5) is 28.4. The highest BCUT2D eigenvalue weighted by atomic mass is 35.5. The molecule has 0 radical (unpaired) electrons. The van der Waals surface area contributed by atoms with E-state index >= 15 is 0 Å². The predicted octanol–water partition coefficient (Wildman–Crippen LogP) is 3.63. The van der Waals surface area contributed by atoms with Crippen LogP contribution in [0.15, 0.2) is 23.1 Å². The molecule has 9 heteroatoms. The number of aromatic nitrogens is 4. The van der Waals surface area contributed by atoms with E-state index in [1.165, 1.54) is 10.6 Å². The summed E-state index contributed by atoms with van der Waals surface area (Å²) >= 11 is 6.04. The largest absolute Gasteiger partial charge is 0.377 e. The van der Waals surface area contributed by atoms with E-state index in [1.54, 1.807) is 6.20 Å². The molecule has 4 rings (SSSR count). The summed E-state index contributed by atoms with van der Waals surface area (Å²) in [6.07, 6.45) is 1.71. The van der Waals surface area contributed by atoms with E-state index in [1.807, 2.05) is 38.7 Å². The lowest BCUT2D eigenvalue weighted by Crippen LogP contribution is -2.45. The second-order valence-electron chi connectivity index (χ2n) is 7.82. The van der Waals surface area contributed by atoms with E-state index in [2.05, 4.69) is 15.0 Å². The first-order chi connectivity index (χ1) is 14.3. The average molecular weight is 432 g/mol. The Morgan fingerprint density at radius 3 is 2.80 bits per heavy atom. The van der Waals surface area contributed by atoms with Gasteiger partial charge in [0.2, 0.25) is 0 Å². The molecule has 1 fully saturated rings. The molecule has 7 nitrogen and oxygen atoms in total. The molecular weight excluding hydrogens is 409 g/mol. The number of morpholine rings is 1. The molecule has 30 heavy (non-hydrogen) atoms. The van der Waals surface area contributed by atoms with Crippen molar-refractivity contribution >= 4 is 28.5 Å². The van der Waals surface area contributed by atoms with Crippen molar-refractivity contribution in [2.45, 2.75) is 39.7 Å². The summed E-state index contributed by atoms with van der Waals surface area (Å²) in [7, 11) is 0. The number of fused-ring (bicyclic) bond motifs is 1. The fourth-order valence-corrected chi connectivity index (χ4v) is 3.97. The average Bonchev–Trinajstić information content (AvgIpc) is 2.70. The molecule has 0 N–H and O–H groups in total. The van der Waals surface area contributed by atoms with Gasteiger partial charge in [-0.2, -0.15) is 4.98 Å². The number of hydrogen-bond acceptors (Lipinski definition) is 6. The van der Waals surface area contributed by atoms with Gasteiger partial charge >= 0.3 is 5.69 Å². The molecule has 3 aromatic heterocycles. The highest BCUT2D eigenvalue weighted by molar-refractivity contribution is 6.30. The Labute approximate surface area is 178 Å². The molecule has 0 bridgehead atoms. The monoisotopic (exact) mass is 431 g/mol. The number of rotatable bonds is 3. The lowest BCUT2D eigenvalue weighted by molar-refractivity contribution is 0.0986. The molecule has 4 heterocycles. The zero-order valence-corrected chi connectivity index (χ0v) is 18.1. The van der Waals surface area contributed by atoms with E-state index in [4.69, 9.17) is 16.3 Å². The summed E-state index contributed by atoms with van der Waals surface area (Å²) in [5, 5.41) is 0.124. The van der Waals surface area contributed by atoms with Gasteiger partial charge in [0.1, 0.15) is 5.82 Å². The van der Waals surface area contributed by atoms with E-state index in [-0.39, 0.29) is 22.8 Å². The van der Waals surface area contributed by atoms with Crippen LogP contribution in [-0.2, 0) is 4.74 Å². The first kappa shape index (κ1) is 20.7. The van der Waals surface area contributed by atoms with Gasteiger partial charge < -0.3 is 9.64 Å². The summed E-state index contributed by atoms with van der Waals surface area (Å²) in [5.74, 6) is -0.222. The molecule has 158 valence electrons. The number of ether oxygens (including phenoxy) is 1. The minimum atomic E-state index is -0.662. The first-order valence-electron chi connectivity index (χ1n) is 9.88. The van der Waals surface area contributed by atoms with Crippen molar-refractivity contribution in [3.63, 3.8) is 0 Å². The van der Waals surface area contributed by atoms with Crippen molar-refractivity contribution in [1.82, 2.24) is 19.5 Å². The SMILES string of the molecule is Cc1ccnc(C(C)C)c1-n1c(=O)nc(N2CCOC[C@@H]2C)c2cc(F)c(Cl)nc21. The van der Waals surface area contributed by atoms with Gasteiger partial charge in [0.05, 0.1) is 36.0 Å². The van der Waals surface area contributed by atoms with Gasteiger partial charge in [0, 0.05) is 12.7 Å². The second-order valence-corrected chi connectivity index (χ2v) is 8.18. The fraction of sp³-hybridized carbons (Fsp3) is 0.429. The van der Waals surface area contributed by atoms with Crippen LogP contribution in [0, 0.1) is 12.7 Å². The molecule has 1 aliphatic heterocycles. The third-order valence-electron chi connectivity index (χ3n) is 5.32. The van der Waals surface area contributed by atoms with Crippen LogP contribution in [0.3, 0.4) is 0 Å². The lowest BCUT2D eigenvalue weighted by Gasteiger charge is -2.35. The van der Waals surface area contributed by atoms with Crippen molar-refractivity contribution in [3.8, 4) is 5.69 Å². The zero-order chi connectivity index (χ0) is 21.6.